The summed E-state index contributed by atoms with van der Waals surface area (Å²) < 4.78 is 0. The number of carbonyl (C=O) groups is 1. The lowest BCUT2D eigenvalue weighted by Gasteiger charge is -2.17. The van der Waals surface area contributed by atoms with Gasteiger partial charge in [0.1, 0.15) is 0 Å². The average Bonchev–Trinajstić information content (AvgIpc) is 2.67. The molecule has 1 aromatic rings. The summed E-state index contributed by atoms with van der Waals surface area (Å²) in [6, 6.07) is 8.18. The zero-order valence-electron chi connectivity index (χ0n) is 8.79. The molecule has 2 N–H and O–H groups in total. The van der Waals surface area contributed by atoms with E-state index in [0.717, 1.165) is 18.8 Å². The molecule has 4 heteroatoms. The van der Waals surface area contributed by atoms with Gasteiger partial charge in [-0.1, -0.05) is 12.1 Å². The summed E-state index contributed by atoms with van der Waals surface area (Å²) >= 11 is 0. The Balaban J connectivity index is 2.06. The topological polar surface area (TPSA) is 44.4 Å². The molecule has 15 heavy (non-hydrogen) atoms. The molecular weight excluding hydrogens is 190 g/mol. The number of hydrogen-bond donors (Lipinski definition) is 2. The lowest BCUT2D eigenvalue weighted by atomic mass is 10.2. The van der Waals surface area contributed by atoms with Crippen molar-refractivity contribution in [3.8, 4) is 0 Å². The highest BCUT2D eigenvalue weighted by molar-refractivity contribution is 5.81. The summed E-state index contributed by atoms with van der Waals surface area (Å²) in [5.41, 5.74) is 5.09. The molecule has 0 aliphatic carbocycles. The van der Waals surface area contributed by atoms with Crippen molar-refractivity contribution in [1.82, 2.24) is 10.7 Å². The fraction of sp³-hybridized carbons (Fsp3) is 0.364. The van der Waals surface area contributed by atoms with E-state index in [4.69, 9.17) is 0 Å². The molecule has 1 saturated heterocycles. The van der Waals surface area contributed by atoms with Gasteiger partial charge in [0.2, 0.25) is 5.91 Å². The SMILES string of the molecule is CNCc1ccc(N2CCC(=O)N2)cc1. The number of nitrogens with zero attached hydrogens (tertiary/aromatic N) is 1. The molecule has 0 saturated carbocycles. The van der Waals surface area contributed by atoms with Crippen molar-refractivity contribution in [2.75, 3.05) is 18.6 Å². The Kier molecular flexibility index (Phi) is 2.87. The third-order valence-corrected chi connectivity index (χ3v) is 2.45. The molecule has 0 spiro atoms. The highest BCUT2D eigenvalue weighted by Gasteiger charge is 2.17. The number of carbonyl (C=O) groups excluding carboxylic acids is 1. The number of nitrogens with one attached hydrogen (secondary N) is 2. The molecule has 0 radical (unpaired) electrons. The lowest BCUT2D eigenvalue weighted by Crippen LogP contribution is -2.32. The van der Waals surface area contributed by atoms with Crippen LogP contribution < -0.4 is 15.8 Å². The van der Waals surface area contributed by atoms with Crippen LogP contribution in [0.4, 0.5) is 5.69 Å². The zero-order chi connectivity index (χ0) is 10.7. The third-order valence-electron chi connectivity index (χ3n) is 2.45. The Hall–Kier alpha value is -1.55. The van der Waals surface area contributed by atoms with Gasteiger partial charge in [-0.05, 0) is 24.7 Å². The van der Waals surface area contributed by atoms with E-state index in [-0.39, 0.29) is 5.91 Å². The van der Waals surface area contributed by atoms with Gasteiger partial charge in [0.05, 0.1) is 5.69 Å². The maximum absolute atomic E-state index is 11.0. The van der Waals surface area contributed by atoms with Crippen LogP contribution in [0.2, 0.25) is 0 Å². The highest BCUT2D eigenvalue weighted by Crippen LogP contribution is 2.16. The third kappa shape index (κ3) is 2.27. The fourth-order valence-corrected chi connectivity index (χ4v) is 1.67. The first-order valence-electron chi connectivity index (χ1n) is 5.10. The molecule has 1 fully saturated rings. The molecule has 1 aliphatic rings. The van der Waals surface area contributed by atoms with E-state index in [1.165, 1.54) is 5.56 Å². The summed E-state index contributed by atoms with van der Waals surface area (Å²) in [6.07, 6.45) is 0.582. The number of benzene rings is 1. The van der Waals surface area contributed by atoms with Crippen LogP contribution in [-0.2, 0) is 11.3 Å². The number of hydrazine groups is 1. The summed E-state index contributed by atoms with van der Waals surface area (Å²) in [6.45, 7) is 1.62. The molecule has 0 aromatic heterocycles. The van der Waals surface area contributed by atoms with Gasteiger partial charge in [-0.15, -0.1) is 0 Å². The largest absolute Gasteiger partial charge is 0.316 e. The van der Waals surface area contributed by atoms with Crippen molar-refractivity contribution in [2.24, 2.45) is 0 Å². The predicted octanol–water partition coefficient (Wildman–Crippen LogP) is 0.647. The molecule has 1 aromatic carbocycles. The van der Waals surface area contributed by atoms with E-state index < -0.39 is 0 Å². The van der Waals surface area contributed by atoms with E-state index in [1.807, 2.05) is 24.2 Å². The fourth-order valence-electron chi connectivity index (χ4n) is 1.67. The van der Waals surface area contributed by atoms with Gasteiger partial charge >= 0.3 is 0 Å². The number of amides is 1. The standard InChI is InChI=1S/C11H15N3O/c1-12-8-9-2-4-10(5-3-9)14-7-6-11(15)13-14/h2-5,12H,6-8H2,1H3,(H,13,15). The molecule has 0 atom stereocenters. The minimum atomic E-state index is 0.0919. The molecular formula is C11H15N3O. The molecule has 4 nitrogen and oxygen atoms in total. The monoisotopic (exact) mass is 205 g/mol. The van der Waals surface area contributed by atoms with Crippen LogP contribution in [0.5, 0.6) is 0 Å². The lowest BCUT2D eigenvalue weighted by molar-refractivity contribution is -0.119. The van der Waals surface area contributed by atoms with E-state index in [1.54, 1.807) is 0 Å². The smallest absolute Gasteiger partial charge is 0.240 e. The van der Waals surface area contributed by atoms with Gasteiger partial charge in [-0.3, -0.25) is 15.2 Å². The zero-order valence-corrected chi connectivity index (χ0v) is 8.79. The Labute approximate surface area is 89.2 Å². The molecule has 1 aliphatic heterocycles. The first-order chi connectivity index (χ1) is 7.29. The summed E-state index contributed by atoms with van der Waals surface area (Å²) in [5.74, 6) is 0.0919. The van der Waals surface area contributed by atoms with Crippen molar-refractivity contribution in [3.63, 3.8) is 0 Å². The van der Waals surface area contributed by atoms with Gasteiger partial charge in [-0.25, -0.2) is 0 Å². The molecule has 0 unspecified atom stereocenters. The highest BCUT2D eigenvalue weighted by atomic mass is 16.2. The number of rotatable bonds is 3. The van der Waals surface area contributed by atoms with E-state index >= 15 is 0 Å². The predicted molar refractivity (Wildman–Crippen MR) is 59.3 cm³/mol. The number of hydrogen-bond acceptors (Lipinski definition) is 3. The van der Waals surface area contributed by atoms with Gasteiger partial charge in [-0.2, -0.15) is 0 Å². The minimum absolute atomic E-state index is 0.0919. The van der Waals surface area contributed by atoms with E-state index in [2.05, 4.69) is 22.9 Å². The first kappa shape index (κ1) is 9.98. The van der Waals surface area contributed by atoms with Crippen molar-refractivity contribution in [2.45, 2.75) is 13.0 Å². The quantitative estimate of drug-likeness (QED) is 0.761. The normalized spacial score (nSPS) is 15.5. The van der Waals surface area contributed by atoms with Crippen molar-refractivity contribution in [1.29, 1.82) is 0 Å². The van der Waals surface area contributed by atoms with Crippen LogP contribution in [0.3, 0.4) is 0 Å². The second-order valence-corrected chi connectivity index (χ2v) is 3.63. The maximum Gasteiger partial charge on any atom is 0.240 e. The van der Waals surface area contributed by atoms with Crippen LogP contribution in [0.25, 0.3) is 0 Å². The molecule has 80 valence electrons. The Bertz CT molecular complexity index is 347. The van der Waals surface area contributed by atoms with Gasteiger partial charge in [0.25, 0.3) is 0 Å². The van der Waals surface area contributed by atoms with Gasteiger partial charge < -0.3 is 5.32 Å². The van der Waals surface area contributed by atoms with Crippen LogP contribution >= 0.6 is 0 Å². The second-order valence-electron chi connectivity index (χ2n) is 3.63. The molecule has 2 rings (SSSR count). The maximum atomic E-state index is 11.0. The molecule has 0 bridgehead atoms. The summed E-state index contributed by atoms with van der Waals surface area (Å²) in [7, 11) is 1.93. The van der Waals surface area contributed by atoms with E-state index in [0.29, 0.717) is 6.42 Å². The van der Waals surface area contributed by atoms with Crippen LogP contribution in [0.1, 0.15) is 12.0 Å². The van der Waals surface area contributed by atoms with Crippen LogP contribution in [0.15, 0.2) is 24.3 Å². The second kappa shape index (κ2) is 4.31. The van der Waals surface area contributed by atoms with Crippen molar-refractivity contribution in [3.05, 3.63) is 29.8 Å². The van der Waals surface area contributed by atoms with E-state index in [9.17, 15) is 4.79 Å². The Morgan fingerprint density at radius 3 is 2.67 bits per heavy atom. The first-order valence-corrected chi connectivity index (χ1v) is 5.10. The van der Waals surface area contributed by atoms with Crippen molar-refractivity contribution >= 4 is 11.6 Å². The van der Waals surface area contributed by atoms with Gasteiger partial charge in [0, 0.05) is 19.5 Å². The molecule has 1 amide bonds. The van der Waals surface area contributed by atoms with Crippen LogP contribution in [-0.4, -0.2) is 19.5 Å². The summed E-state index contributed by atoms with van der Waals surface area (Å²) in [4.78, 5) is 11.0. The van der Waals surface area contributed by atoms with Gasteiger partial charge in [0.15, 0.2) is 0 Å². The van der Waals surface area contributed by atoms with Crippen LogP contribution in [0, 0.1) is 0 Å². The Morgan fingerprint density at radius 2 is 2.13 bits per heavy atom. The number of anilines is 1. The Morgan fingerprint density at radius 1 is 1.40 bits per heavy atom. The van der Waals surface area contributed by atoms with Crippen molar-refractivity contribution < 1.29 is 4.79 Å². The average molecular weight is 205 g/mol. The minimum Gasteiger partial charge on any atom is -0.316 e. The molecule has 1 heterocycles. The summed E-state index contributed by atoms with van der Waals surface area (Å²) in [5, 5.41) is 4.98.